The van der Waals surface area contributed by atoms with Crippen LogP contribution in [-0.4, -0.2) is 115 Å². The lowest BCUT2D eigenvalue weighted by atomic mass is 9.62. The zero-order valence-corrected chi connectivity index (χ0v) is 77.8. The molecule has 0 radical (unpaired) electrons. The molecule has 3 saturated carbocycles. The first kappa shape index (κ1) is 91.9. The standard InChI is InChI=1S/2C28H30N2O2S.C26H33N3O3S.C23H28N2O2S/c1-3-16-30-26(31)24-25(29-27(30)33-19-20-10-9-12-22(17-20)32-2)23-13-6-5-11-21(23)18-28(24)14-7-4-8-15-28;1-3-17-30-26(31)24-25(29-27(30)33-19-20-11-13-22(32-2)14-12-20)23-10-6-5-9-21(23)18-28(24)15-7-4-8-16-28;1-4-8-21(30)28-14-11-26(12-15-28)18-19-9-6-7-10-20(19)23-22(26)24(31)29(13-5-2)25(27-23)33-17-16-32-3;1-3-13-25-21(26)19-20(24-22(25)28-15-14-27-2)18-10-6-5-9-17(18)16-23(19)11-7-4-8-12-23/h3,5-6,9-13,17H,1,4,7-8,14-16,18-19H2,2H3;3,5-6,9-14H,1,4,7-8,15-19H2,2H3;5-7,9-10H,2,4,8,11-18H2,1,3H3;3,5-6,9-10H,1,4,7-8,11-16H2,2H3. The summed E-state index contributed by atoms with van der Waals surface area (Å²) < 4.78 is 28.3. The number of nitrogens with zero attached hydrogens (tertiary/aromatic N) is 9. The first-order valence-corrected chi connectivity index (χ1v) is 49.4. The minimum atomic E-state index is -0.296. The Kier molecular flexibility index (Phi) is 30.5. The maximum atomic E-state index is 14.1. The van der Waals surface area contributed by atoms with E-state index in [1.807, 2.05) is 61.9 Å². The van der Waals surface area contributed by atoms with Gasteiger partial charge in [0.2, 0.25) is 5.91 Å². The SMILES string of the molecule is C=CCn1c(SCCOC)nc2c(c1=O)C1(CCCCC1)Cc1ccccc1-2.C=CCn1c(SCCOC)nc2c(c1=O)C1(CCN(C(=O)CCC)CC1)Cc1ccccc1-2.C=CCn1c(SCc2ccc(OC)cc2)nc2c(c1=O)C1(CCCCC1)Cc1ccccc1-2.C=CCn1c(SCc2cccc(OC)c2)nc2c(c1=O)C1(CCCCC1)Cc1ccccc1-2. The van der Waals surface area contributed by atoms with Gasteiger partial charge in [-0.1, -0.05) is 257 Å². The van der Waals surface area contributed by atoms with Crippen LogP contribution >= 0.6 is 47.0 Å². The Morgan fingerprint density at radius 2 is 0.709 bits per heavy atom. The third-order valence-electron chi connectivity index (χ3n) is 27.1. The Hall–Kier alpha value is -9.81. The molecule has 0 atom stereocenters. The van der Waals surface area contributed by atoms with Crippen molar-refractivity contribution in [2.45, 2.75) is 235 Å². The van der Waals surface area contributed by atoms with Gasteiger partial charge < -0.3 is 23.8 Å². The van der Waals surface area contributed by atoms with Crippen molar-refractivity contribution in [3.8, 4) is 56.5 Å². The van der Waals surface area contributed by atoms with Gasteiger partial charge in [0.15, 0.2) is 20.6 Å². The minimum absolute atomic E-state index is 0.0302. The number of carbonyl (C=O) groups excluding carboxylic acids is 1. The molecule has 127 heavy (non-hydrogen) atoms. The summed E-state index contributed by atoms with van der Waals surface area (Å²) in [5, 5.41) is 2.99. The molecule has 4 aromatic heterocycles. The van der Waals surface area contributed by atoms with Gasteiger partial charge in [0.1, 0.15) is 11.5 Å². The molecule has 1 saturated heterocycles. The van der Waals surface area contributed by atoms with E-state index in [0.29, 0.717) is 69.8 Å². The van der Waals surface area contributed by atoms with Crippen molar-refractivity contribution in [1.29, 1.82) is 0 Å². The predicted octanol–water partition coefficient (Wildman–Crippen LogP) is 21.0. The Balaban J connectivity index is 0.000000131. The van der Waals surface area contributed by atoms with Crippen molar-refractivity contribution in [2.24, 2.45) is 0 Å². The van der Waals surface area contributed by atoms with Crippen molar-refractivity contribution in [1.82, 2.24) is 43.1 Å². The van der Waals surface area contributed by atoms with Crippen molar-refractivity contribution < 1.29 is 23.7 Å². The van der Waals surface area contributed by atoms with Crippen LogP contribution in [0.15, 0.2) is 236 Å². The van der Waals surface area contributed by atoms with Crippen LogP contribution in [0.1, 0.15) is 185 Å². The Morgan fingerprint density at radius 1 is 0.386 bits per heavy atom. The number of fused-ring (bicyclic) bond motifs is 16. The molecule has 0 unspecified atom stereocenters. The Labute approximate surface area is 765 Å². The van der Waals surface area contributed by atoms with Crippen LogP contribution in [0.25, 0.3) is 45.0 Å². The fraction of sp³-hybridized carbons (Fsp3) is 0.419. The normalized spacial score (nSPS) is 16.4. The maximum absolute atomic E-state index is 14.1. The van der Waals surface area contributed by atoms with Gasteiger partial charge in [0.25, 0.3) is 22.2 Å². The van der Waals surface area contributed by atoms with Gasteiger partial charge in [-0.05, 0) is 141 Å². The van der Waals surface area contributed by atoms with E-state index in [1.165, 1.54) is 85.6 Å². The van der Waals surface area contributed by atoms with Gasteiger partial charge >= 0.3 is 0 Å². The smallest absolute Gasteiger partial charge is 0.258 e. The molecule has 0 N–H and O–H groups in total. The van der Waals surface area contributed by atoms with Crippen LogP contribution in [-0.2, 0) is 99.3 Å². The number of methoxy groups -OCH3 is 4. The molecule has 4 fully saturated rings. The quantitative estimate of drug-likeness (QED) is 0.0214. The van der Waals surface area contributed by atoms with E-state index in [-0.39, 0.29) is 49.8 Å². The molecule has 4 spiro atoms. The molecule has 10 aromatic rings. The van der Waals surface area contributed by atoms with Crippen LogP contribution < -0.4 is 31.7 Å². The second-order valence-corrected chi connectivity index (χ2v) is 39.0. The summed E-state index contributed by atoms with van der Waals surface area (Å²) in [6.07, 6.45) is 31.1. The van der Waals surface area contributed by atoms with Crippen LogP contribution in [0.3, 0.4) is 0 Å². The number of amides is 1. The molecule has 7 aliphatic carbocycles. The highest BCUT2D eigenvalue weighted by atomic mass is 32.2. The van der Waals surface area contributed by atoms with E-state index in [2.05, 4.69) is 136 Å². The van der Waals surface area contributed by atoms with Crippen molar-refractivity contribution in [3.05, 3.63) is 293 Å². The lowest BCUT2D eigenvalue weighted by Gasteiger charge is -2.45. The van der Waals surface area contributed by atoms with Gasteiger partial charge in [-0.2, -0.15) is 0 Å². The van der Waals surface area contributed by atoms with E-state index in [4.69, 9.17) is 38.9 Å². The molecule has 1 amide bonds. The maximum Gasteiger partial charge on any atom is 0.258 e. The lowest BCUT2D eigenvalue weighted by molar-refractivity contribution is -0.132. The third-order valence-corrected chi connectivity index (χ3v) is 31.1. The first-order chi connectivity index (χ1) is 62.0. The zero-order chi connectivity index (χ0) is 88.7. The lowest BCUT2D eigenvalue weighted by Crippen LogP contribution is -2.50. The van der Waals surface area contributed by atoms with Gasteiger partial charge in [-0.15, -0.1) is 26.3 Å². The van der Waals surface area contributed by atoms with E-state index in [9.17, 15) is 24.0 Å². The number of allylic oxidation sites excluding steroid dienone is 4. The molecule has 22 heteroatoms. The number of ether oxygens (including phenoxy) is 4. The predicted molar refractivity (Wildman–Crippen MR) is 518 cm³/mol. The fourth-order valence-electron chi connectivity index (χ4n) is 21.0. The topological polar surface area (TPSA) is 197 Å². The molecule has 18 rings (SSSR count). The minimum Gasteiger partial charge on any atom is -0.497 e. The van der Waals surface area contributed by atoms with Gasteiger partial charge in [0.05, 0.1) is 72.5 Å². The van der Waals surface area contributed by atoms with E-state index >= 15 is 0 Å². The molecule has 664 valence electrons. The van der Waals surface area contributed by atoms with Gasteiger partial charge in [-0.25, -0.2) is 19.9 Å². The van der Waals surface area contributed by atoms with E-state index < -0.39 is 0 Å². The molecular formula is C105H121N9O9S4. The molecule has 18 nitrogen and oxygen atoms in total. The number of likely N-dealkylation sites (tertiary alicyclic amines) is 1. The largest absolute Gasteiger partial charge is 0.497 e. The van der Waals surface area contributed by atoms with Crippen molar-refractivity contribution >= 4 is 53.0 Å². The number of hydrogen-bond donors (Lipinski definition) is 0. The zero-order valence-electron chi connectivity index (χ0n) is 74.6. The van der Waals surface area contributed by atoms with Gasteiger partial charge in [0, 0.05) is 127 Å². The van der Waals surface area contributed by atoms with Crippen LogP contribution in [0.2, 0.25) is 0 Å². The number of aromatic nitrogens is 8. The number of hydrogen-bond acceptors (Lipinski definition) is 17. The van der Waals surface area contributed by atoms with E-state index in [0.717, 1.165) is 201 Å². The molecule has 0 bridgehead atoms. The summed E-state index contributed by atoms with van der Waals surface area (Å²) in [7, 11) is 6.72. The van der Waals surface area contributed by atoms with Crippen LogP contribution in [0.4, 0.5) is 0 Å². The second-order valence-electron chi connectivity index (χ2n) is 35.0. The third kappa shape index (κ3) is 19.4. The number of rotatable bonds is 26. The number of thioether (sulfide) groups is 4. The average molecular weight is 1780 g/mol. The monoisotopic (exact) mass is 1780 g/mol. The second kappa shape index (κ2) is 42.2. The summed E-state index contributed by atoms with van der Waals surface area (Å²) in [4.78, 5) is 90.9. The van der Waals surface area contributed by atoms with Crippen LogP contribution in [0, 0.1) is 0 Å². The summed E-state index contributed by atoms with van der Waals surface area (Å²) in [6.45, 7) is 22.1. The molecule has 1 aliphatic heterocycles. The van der Waals surface area contributed by atoms with Gasteiger partial charge in [-0.3, -0.25) is 42.2 Å². The highest BCUT2D eigenvalue weighted by molar-refractivity contribution is 7.99. The first-order valence-electron chi connectivity index (χ1n) is 45.5. The number of benzene rings is 6. The average Bonchev–Trinajstić information content (AvgIpc) is 0.735. The van der Waals surface area contributed by atoms with Crippen molar-refractivity contribution in [3.63, 3.8) is 0 Å². The summed E-state index contributed by atoms with van der Waals surface area (Å²) in [5.74, 6) is 4.84. The number of carbonyl (C=O) groups is 1. The summed E-state index contributed by atoms with van der Waals surface area (Å²) >= 11 is 6.35. The van der Waals surface area contributed by atoms with Crippen molar-refractivity contribution in [2.75, 3.05) is 66.2 Å². The highest BCUT2D eigenvalue weighted by Crippen LogP contribution is 2.54. The number of piperidine rings is 1. The Bertz CT molecular complexity index is 5910. The molecule has 8 aliphatic rings. The molecule has 5 heterocycles. The Morgan fingerprint density at radius 3 is 1.03 bits per heavy atom. The van der Waals surface area contributed by atoms with Crippen LogP contribution in [0.5, 0.6) is 11.5 Å². The molecular weight excluding hydrogens is 1660 g/mol. The fourth-order valence-corrected chi connectivity index (χ4v) is 24.7. The highest BCUT2D eigenvalue weighted by Gasteiger charge is 2.49. The summed E-state index contributed by atoms with van der Waals surface area (Å²) in [6, 6.07) is 49.9. The molecule has 6 aromatic carbocycles. The summed E-state index contributed by atoms with van der Waals surface area (Å²) in [5.41, 5.74) is 19.0. The van der Waals surface area contributed by atoms with E-state index in [1.54, 1.807) is 104 Å².